The number of methoxy groups -OCH3 is 1. The second-order valence-electron chi connectivity index (χ2n) is 3.62. The Morgan fingerprint density at radius 3 is 2.53 bits per heavy atom. The van der Waals surface area contributed by atoms with Crippen molar-refractivity contribution < 1.29 is 19.4 Å². The second-order valence-corrected chi connectivity index (χ2v) is 3.62. The van der Waals surface area contributed by atoms with E-state index in [2.05, 4.69) is 10.1 Å². The van der Waals surface area contributed by atoms with Crippen LogP contribution in [-0.2, 0) is 16.0 Å². The minimum Gasteiger partial charge on any atom is -0.481 e. The van der Waals surface area contributed by atoms with Gasteiger partial charge in [0.15, 0.2) is 0 Å². The first-order chi connectivity index (χ1) is 8.11. The molecule has 1 atom stereocenters. The van der Waals surface area contributed by atoms with Gasteiger partial charge in [0.25, 0.3) is 0 Å². The first-order valence-corrected chi connectivity index (χ1v) is 5.22. The van der Waals surface area contributed by atoms with Crippen LogP contribution in [0.2, 0.25) is 0 Å². The lowest BCUT2D eigenvalue weighted by Gasteiger charge is -2.15. The SMILES string of the molecule is COC(=O)NC(CC(=O)O)Cc1ccccc1. The van der Waals surface area contributed by atoms with Crippen molar-refractivity contribution in [2.24, 2.45) is 0 Å². The number of carbonyl (C=O) groups excluding carboxylic acids is 1. The van der Waals surface area contributed by atoms with E-state index < -0.39 is 18.1 Å². The summed E-state index contributed by atoms with van der Waals surface area (Å²) in [5.41, 5.74) is 0.968. The van der Waals surface area contributed by atoms with Crippen molar-refractivity contribution in [2.75, 3.05) is 7.11 Å². The van der Waals surface area contributed by atoms with Gasteiger partial charge in [-0.25, -0.2) is 4.79 Å². The maximum atomic E-state index is 11.1. The zero-order chi connectivity index (χ0) is 12.7. The van der Waals surface area contributed by atoms with Gasteiger partial charge in [-0.2, -0.15) is 0 Å². The van der Waals surface area contributed by atoms with Gasteiger partial charge >= 0.3 is 12.1 Å². The van der Waals surface area contributed by atoms with Gasteiger partial charge in [0, 0.05) is 6.04 Å². The largest absolute Gasteiger partial charge is 0.481 e. The number of hydrogen-bond acceptors (Lipinski definition) is 3. The number of ether oxygens (including phenoxy) is 1. The topological polar surface area (TPSA) is 75.6 Å². The molecule has 5 nitrogen and oxygen atoms in total. The highest BCUT2D eigenvalue weighted by Gasteiger charge is 2.16. The van der Waals surface area contributed by atoms with E-state index in [0.717, 1.165) is 5.56 Å². The fourth-order valence-corrected chi connectivity index (χ4v) is 1.51. The molecule has 0 spiro atoms. The molecule has 0 saturated carbocycles. The molecule has 2 N–H and O–H groups in total. The second kappa shape index (κ2) is 6.52. The number of alkyl carbamates (subject to hydrolysis) is 1. The summed E-state index contributed by atoms with van der Waals surface area (Å²) >= 11 is 0. The summed E-state index contributed by atoms with van der Waals surface area (Å²) in [6.07, 6.45) is -0.293. The quantitative estimate of drug-likeness (QED) is 0.812. The van der Waals surface area contributed by atoms with Crippen LogP contribution in [0.4, 0.5) is 4.79 Å². The molecule has 1 aromatic carbocycles. The van der Waals surface area contributed by atoms with Crippen LogP contribution in [-0.4, -0.2) is 30.3 Å². The van der Waals surface area contributed by atoms with Crippen LogP contribution in [0.3, 0.4) is 0 Å². The highest BCUT2D eigenvalue weighted by atomic mass is 16.5. The molecule has 92 valence electrons. The first kappa shape index (κ1) is 13.0. The lowest BCUT2D eigenvalue weighted by Crippen LogP contribution is -2.37. The lowest BCUT2D eigenvalue weighted by molar-refractivity contribution is -0.137. The highest BCUT2D eigenvalue weighted by Crippen LogP contribution is 2.06. The van der Waals surface area contributed by atoms with Gasteiger partial charge in [-0.15, -0.1) is 0 Å². The fourth-order valence-electron chi connectivity index (χ4n) is 1.51. The Kier molecular flexibility index (Phi) is 5.00. The van der Waals surface area contributed by atoms with Crippen LogP contribution < -0.4 is 5.32 Å². The van der Waals surface area contributed by atoms with E-state index in [4.69, 9.17) is 5.11 Å². The summed E-state index contributed by atoms with van der Waals surface area (Å²) in [5.74, 6) is -0.956. The van der Waals surface area contributed by atoms with Gasteiger partial charge in [-0.3, -0.25) is 4.79 Å². The Hall–Kier alpha value is -2.04. The average Bonchev–Trinajstić information content (AvgIpc) is 2.29. The van der Waals surface area contributed by atoms with Crippen LogP contribution in [0.15, 0.2) is 30.3 Å². The van der Waals surface area contributed by atoms with Crippen LogP contribution in [0, 0.1) is 0 Å². The van der Waals surface area contributed by atoms with Crippen LogP contribution in [0.25, 0.3) is 0 Å². The Bertz CT molecular complexity index is 377. The van der Waals surface area contributed by atoms with Crippen molar-refractivity contribution in [1.29, 1.82) is 0 Å². The monoisotopic (exact) mass is 237 g/mol. The van der Waals surface area contributed by atoms with E-state index in [9.17, 15) is 9.59 Å². The third-order valence-corrected chi connectivity index (χ3v) is 2.25. The van der Waals surface area contributed by atoms with E-state index in [1.54, 1.807) is 0 Å². The summed E-state index contributed by atoms with van der Waals surface area (Å²) < 4.78 is 4.46. The number of aliphatic carboxylic acids is 1. The summed E-state index contributed by atoms with van der Waals surface area (Å²) in [4.78, 5) is 21.7. The molecule has 0 saturated heterocycles. The first-order valence-electron chi connectivity index (χ1n) is 5.22. The minimum absolute atomic E-state index is 0.135. The smallest absolute Gasteiger partial charge is 0.407 e. The van der Waals surface area contributed by atoms with Gasteiger partial charge in [0.1, 0.15) is 0 Å². The summed E-state index contributed by atoms with van der Waals surface area (Å²) in [6.45, 7) is 0. The van der Waals surface area contributed by atoms with E-state index in [-0.39, 0.29) is 6.42 Å². The van der Waals surface area contributed by atoms with E-state index in [1.165, 1.54) is 7.11 Å². The van der Waals surface area contributed by atoms with Gasteiger partial charge in [-0.05, 0) is 12.0 Å². The third-order valence-electron chi connectivity index (χ3n) is 2.25. The molecule has 0 bridgehead atoms. The van der Waals surface area contributed by atoms with Crippen LogP contribution in [0.5, 0.6) is 0 Å². The summed E-state index contributed by atoms with van der Waals surface area (Å²) in [5, 5.41) is 11.3. The Morgan fingerprint density at radius 2 is 2.00 bits per heavy atom. The molecule has 0 aliphatic heterocycles. The number of carboxylic acid groups (broad SMARTS) is 1. The van der Waals surface area contributed by atoms with Gasteiger partial charge in [-0.1, -0.05) is 30.3 Å². The Labute approximate surface area is 99.4 Å². The van der Waals surface area contributed by atoms with Crippen molar-refractivity contribution in [2.45, 2.75) is 18.9 Å². The molecule has 0 heterocycles. The van der Waals surface area contributed by atoms with Crippen LogP contribution in [0.1, 0.15) is 12.0 Å². The number of carboxylic acids is 1. The third kappa shape index (κ3) is 5.01. The predicted octanol–water partition coefficient (Wildman–Crippen LogP) is 1.43. The molecule has 0 aliphatic rings. The Balaban J connectivity index is 2.63. The predicted molar refractivity (Wildman–Crippen MR) is 61.7 cm³/mol. The zero-order valence-corrected chi connectivity index (χ0v) is 9.55. The maximum absolute atomic E-state index is 11.1. The molecule has 0 radical (unpaired) electrons. The van der Waals surface area contributed by atoms with E-state index in [1.807, 2.05) is 30.3 Å². The number of benzene rings is 1. The van der Waals surface area contributed by atoms with Crippen molar-refractivity contribution in [3.63, 3.8) is 0 Å². The molecule has 1 unspecified atom stereocenters. The normalized spacial score (nSPS) is 11.6. The minimum atomic E-state index is -0.956. The highest BCUT2D eigenvalue weighted by molar-refractivity contribution is 5.71. The molecular formula is C12H15NO4. The summed E-state index contributed by atoms with van der Waals surface area (Å²) in [7, 11) is 1.25. The van der Waals surface area contributed by atoms with Gasteiger partial charge in [0.2, 0.25) is 0 Å². The molecule has 17 heavy (non-hydrogen) atoms. The average molecular weight is 237 g/mol. The lowest BCUT2D eigenvalue weighted by atomic mass is 10.0. The molecule has 5 heteroatoms. The van der Waals surface area contributed by atoms with Gasteiger partial charge in [0.05, 0.1) is 13.5 Å². The number of amides is 1. The molecule has 1 aromatic rings. The standard InChI is InChI=1S/C12H15NO4/c1-17-12(16)13-10(8-11(14)15)7-9-5-3-2-4-6-9/h2-6,10H,7-8H2,1H3,(H,13,16)(H,14,15). The molecule has 0 fully saturated rings. The molecular weight excluding hydrogens is 222 g/mol. The molecule has 0 aromatic heterocycles. The maximum Gasteiger partial charge on any atom is 0.407 e. The number of carbonyl (C=O) groups is 2. The van der Waals surface area contributed by atoms with Crippen molar-refractivity contribution >= 4 is 12.1 Å². The Morgan fingerprint density at radius 1 is 1.35 bits per heavy atom. The summed E-state index contributed by atoms with van der Waals surface area (Å²) in [6, 6.07) is 8.91. The number of nitrogens with one attached hydrogen (secondary N) is 1. The van der Waals surface area contributed by atoms with Crippen molar-refractivity contribution in [3.05, 3.63) is 35.9 Å². The van der Waals surface area contributed by atoms with Crippen molar-refractivity contribution in [3.8, 4) is 0 Å². The van der Waals surface area contributed by atoms with Crippen molar-refractivity contribution in [1.82, 2.24) is 5.32 Å². The van der Waals surface area contributed by atoms with E-state index >= 15 is 0 Å². The van der Waals surface area contributed by atoms with Crippen LogP contribution >= 0.6 is 0 Å². The van der Waals surface area contributed by atoms with Gasteiger partial charge < -0.3 is 15.2 Å². The number of rotatable bonds is 5. The van der Waals surface area contributed by atoms with E-state index in [0.29, 0.717) is 6.42 Å². The zero-order valence-electron chi connectivity index (χ0n) is 9.55. The molecule has 1 amide bonds. The fraction of sp³-hybridized carbons (Fsp3) is 0.333. The molecule has 0 aliphatic carbocycles. The number of hydrogen-bond donors (Lipinski definition) is 2. The molecule has 1 rings (SSSR count).